The van der Waals surface area contributed by atoms with E-state index in [9.17, 15) is 0 Å². The van der Waals surface area contributed by atoms with E-state index in [1.54, 1.807) is 12.1 Å². The minimum absolute atomic E-state index is 0.146. The Bertz CT molecular complexity index is 411. The van der Waals surface area contributed by atoms with Crippen molar-refractivity contribution in [2.75, 3.05) is 6.61 Å². The van der Waals surface area contributed by atoms with Crippen LogP contribution in [0.4, 0.5) is 0 Å². The lowest BCUT2D eigenvalue weighted by Crippen LogP contribution is -2.22. The molecule has 0 saturated heterocycles. The number of hydrogen-bond acceptors (Lipinski definition) is 3. The van der Waals surface area contributed by atoms with E-state index in [1.807, 2.05) is 0 Å². The summed E-state index contributed by atoms with van der Waals surface area (Å²) in [6.45, 7) is 0.558. The second kappa shape index (κ2) is 3.49. The van der Waals surface area contributed by atoms with Gasteiger partial charge in [-0.3, -0.25) is 0 Å². The first-order valence-corrected chi connectivity index (χ1v) is 4.72. The second-order valence-corrected chi connectivity index (χ2v) is 3.60. The van der Waals surface area contributed by atoms with Crippen LogP contribution < -0.4 is 10.5 Å². The number of rotatable bonds is 0. The molecule has 0 saturated carbocycles. The van der Waals surface area contributed by atoms with Crippen LogP contribution in [0.1, 0.15) is 23.6 Å². The standard InChI is InChI=1S/C10H9ClN2O/c11-7-2-1-6(5-12)9-8(13)3-4-14-10(7)9/h1-2,8H,3-4,13H2/t8-/m1/s1. The molecule has 3 nitrogen and oxygen atoms in total. The minimum atomic E-state index is -0.146. The van der Waals surface area contributed by atoms with Crippen LogP contribution in [0.5, 0.6) is 5.75 Å². The molecule has 72 valence electrons. The summed E-state index contributed by atoms with van der Waals surface area (Å²) in [5.74, 6) is 0.574. The molecule has 1 heterocycles. The summed E-state index contributed by atoms with van der Waals surface area (Å²) in [4.78, 5) is 0. The zero-order valence-corrected chi connectivity index (χ0v) is 8.21. The van der Waals surface area contributed by atoms with Crippen molar-refractivity contribution in [3.8, 4) is 11.8 Å². The Kier molecular flexibility index (Phi) is 2.32. The summed E-state index contributed by atoms with van der Waals surface area (Å²) >= 11 is 5.95. The lowest BCUT2D eigenvalue weighted by Gasteiger charge is -2.24. The van der Waals surface area contributed by atoms with Gasteiger partial charge in [0.15, 0.2) is 0 Å². The SMILES string of the molecule is N#Cc1ccc(Cl)c2c1[C@H](N)CCO2. The van der Waals surface area contributed by atoms with E-state index < -0.39 is 0 Å². The third-order valence-electron chi connectivity index (χ3n) is 2.31. The fourth-order valence-corrected chi connectivity index (χ4v) is 1.84. The van der Waals surface area contributed by atoms with Gasteiger partial charge in [-0.2, -0.15) is 5.26 Å². The molecule has 0 amide bonds. The summed E-state index contributed by atoms with van der Waals surface area (Å²) in [7, 11) is 0. The van der Waals surface area contributed by atoms with Crippen molar-refractivity contribution in [1.82, 2.24) is 0 Å². The Morgan fingerprint density at radius 1 is 1.57 bits per heavy atom. The predicted octanol–water partition coefficient (Wildman–Crippen LogP) is 1.99. The van der Waals surface area contributed by atoms with E-state index in [0.29, 0.717) is 22.9 Å². The number of halogens is 1. The fraction of sp³-hybridized carbons (Fsp3) is 0.300. The van der Waals surface area contributed by atoms with E-state index in [0.717, 1.165) is 12.0 Å². The van der Waals surface area contributed by atoms with Crippen molar-refractivity contribution in [3.63, 3.8) is 0 Å². The topological polar surface area (TPSA) is 59.0 Å². The molecule has 1 atom stereocenters. The number of nitrogens with zero attached hydrogens (tertiary/aromatic N) is 1. The van der Waals surface area contributed by atoms with Gasteiger partial charge in [-0.05, 0) is 12.1 Å². The normalized spacial score (nSPS) is 19.4. The molecule has 0 bridgehead atoms. The quantitative estimate of drug-likeness (QED) is 0.710. The first kappa shape index (κ1) is 9.32. The highest BCUT2D eigenvalue weighted by molar-refractivity contribution is 6.32. The van der Waals surface area contributed by atoms with E-state index >= 15 is 0 Å². The molecular formula is C10H9ClN2O. The average Bonchev–Trinajstić information content (AvgIpc) is 2.20. The van der Waals surface area contributed by atoms with Crippen molar-refractivity contribution in [1.29, 1.82) is 5.26 Å². The van der Waals surface area contributed by atoms with Crippen molar-refractivity contribution in [2.45, 2.75) is 12.5 Å². The highest BCUT2D eigenvalue weighted by Gasteiger charge is 2.23. The van der Waals surface area contributed by atoms with Gasteiger partial charge in [-0.25, -0.2) is 0 Å². The van der Waals surface area contributed by atoms with Gasteiger partial charge in [0.25, 0.3) is 0 Å². The Labute approximate surface area is 87.0 Å². The fourth-order valence-electron chi connectivity index (χ4n) is 1.62. The van der Waals surface area contributed by atoms with Crippen LogP contribution in [-0.4, -0.2) is 6.61 Å². The number of hydrogen-bond donors (Lipinski definition) is 1. The zero-order valence-electron chi connectivity index (χ0n) is 7.46. The Morgan fingerprint density at radius 2 is 2.36 bits per heavy atom. The summed E-state index contributed by atoms with van der Waals surface area (Å²) in [5, 5.41) is 9.42. The maximum Gasteiger partial charge on any atom is 0.143 e. The molecule has 1 aromatic carbocycles. The summed E-state index contributed by atoms with van der Waals surface area (Å²) in [6, 6.07) is 5.29. The molecule has 0 fully saturated rings. The molecule has 0 spiro atoms. The summed E-state index contributed by atoms with van der Waals surface area (Å²) < 4.78 is 5.40. The molecule has 1 aromatic rings. The van der Waals surface area contributed by atoms with Crippen LogP contribution in [0.2, 0.25) is 5.02 Å². The molecule has 0 aromatic heterocycles. The predicted molar refractivity (Wildman–Crippen MR) is 53.2 cm³/mol. The number of nitrogens with two attached hydrogens (primary N) is 1. The molecule has 0 unspecified atom stereocenters. The van der Waals surface area contributed by atoms with Crippen LogP contribution in [-0.2, 0) is 0 Å². The first-order chi connectivity index (χ1) is 6.74. The third kappa shape index (κ3) is 1.33. The molecule has 14 heavy (non-hydrogen) atoms. The number of nitriles is 1. The van der Waals surface area contributed by atoms with Crippen LogP contribution in [0.25, 0.3) is 0 Å². The summed E-state index contributed by atoms with van der Waals surface area (Å²) in [5.41, 5.74) is 7.20. The molecular weight excluding hydrogens is 200 g/mol. The Morgan fingerprint density at radius 3 is 3.07 bits per heavy atom. The van der Waals surface area contributed by atoms with Gasteiger partial charge in [-0.1, -0.05) is 11.6 Å². The highest BCUT2D eigenvalue weighted by atomic mass is 35.5. The van der Waals surface area contributed by atoms with Gasteiger partial charge >= 0.3 is 0 Å². The average molecular weight is 209 g/mol. The maximum absolute atomic E-state index is 8.90. The van der Waals surface area contributed by atoms with Gasteiger partial charge < -0.3 is 10.5 Å². The van der Waals surface area contributed by atoms with Crippen LogP contribution >= 0.6 is 11.6 Å². The molecule has 0 aliphatic carbocycles. The molecule has 1 aliphatic heterocycles. The molecule has 2 N–H and O–H groups in total. The maximum atomic E-state index is 8.90. The van der Waals surface area contributed by atoms with E-state index in [2.05, 4.69) is 6.07 Å². The highest BCUT2D eigenvalue weighted by Crippen LogP contribution is 2.38. The van der Waals surface area contributed by atoms with Gasteiger partial charge in [0.1, 0.15) is 5.75 Å². The number of benzene rings is 1. The minimum Gasteiger partial charge on any atom is -0.492 e. The van der Waals surface area contributed by atoms with Gasteiger partial charge in [-0.15, -0.1) is 0 Å². The van der Waals surface area contributed by atoms with Crippen molar-refractivity contribution in [3.05, 3.63) is 28.3 Å². The number of fused-ring (bicyclic) bond motifs is 1. The molecule has 2 rings (SSSR count). The first-order valence-electron chi connectivity index (χ1n) is 4.35. The monoisotopic (exact) mass is 208 g/mol. The van der Waals surface area contributed by atoms with Gasteiger partial charge in [0, 0.05) is 18.0 Å². The lowest BCUT2D eigenvalue weighted by molar-refractivity contribution is 0.269. The van der Waals surface area contributed by atoms with Crippen molar-refractivity contribution >= 4 is 11.6 Å². The third-order valence-corrected chi connectivity index (χ3v) is 2.61. The molecule has 1 aliphatic rings. The van der Waals surface area contributed by atoms with Crippen molar-refractivity contribution in [2.24, 2.45) is 5.73 Å². The van der Waals surface area contributed by atoms with Crippen LogP contribution in [0.3, 0.4) is 0 Å². The molecule has 0 radical (unpaired) electrons. The van der Waals surface area contributed by atoms with Crippen LogP contribution in [0, 0.1) is 11.3 Å². The molecule has 4 heteroatoms. The van der Waals surface area contributed by atoms with E-state index in [1.165, 1.54) is 0 Å². The Balaban J connectivity index is 2.65. The van der Waals surface area contributed by atoms with E-state index in [4.69, 9.17) is 27.3 Å². The Hall–Kier alpha value is -1.24. The number of ether oxygens (including phenoxy) is 1. The van der Waals surface area contributed by atoms with Crippen LogP contribution in [0.15, 0.2) is 12.1 Å². The van der Waals surface area contributed by atoms with E-state index in [-0.39, 0.29) is 6.04 Å². The lowest BCUT2D eigenvalue weighted by atomic mass is 9.96. The zero-order chi connectivity index (χ0) is 10.1. The second-order valence-electron chi connectivity index (χ2n) is 3.19. The summed E-state index contributed by atoms with van der Waals surface area (Å²) in [6.07, 6.45) is 0.724. The van der Waals surface area contributed by atoms with Crippen molar-refractivity contribution < 1.29 is 4.74 Å². The van der Waals surface area contributed by atoms with Gasteiger partial charge in [0.2, 0.25) is 0 Å². The smallest absolute Gasteiger partial charge is 0.143 e. The largest absolute Gasteiger partial charge is 0.492 e. The van der Waals surface area contributed by atoms with Gasteiger partial charge in [0.05, 0.1) is 23.3 Å².